The zero-order valence-electron chi connectivity index (χ0n) is 11.0. The molecule has 7 nitrogen and oxygen atoms in total. The number of amides is 2. The smallest absolute Gasteiger partial charge is 0.320 e. The lowest BCUT2D eigenvalue weighted by Gasteiger charge is -2.13. The molecule has 110 valence electrons. The predicted molar refractivity (Wildman–Crippen MR) is 74.3 cm³/mol. The Labute approximate surface area is 120 Å². The van der Waals surface area contributed by atoms with Crippen LogP contribution in [0.25, 0.3) is 0 Å². The van der Waals surface area contributed by atoms with Gasteiger partial charge in [0, 0.05) is 0 Å². The van der Waals surface area contributed by atoms with Gasteiger partial charge in [-0.15, -0.1) is 11.3 Å². The van der Waals surface area contributed by atoms with Crippen molar-refractivity contribution in [1.82, 2.24) is 16.2 Å². The van der Waals surface area contributed by atoms with Gasteiger partial charge >= 0.3 is 5.97 Å². The van der Waals surface area contributed by atoms with E-state index >= 15 is 0 Å². The number of rotatable bonds is 7. The minimum Gasteiger partial charge on any atom is -0.480 e. The van der Waals surface area contributed by atoms with E-state index in [1.807, 2.05) is 6.92 Å². The second-order valence-electron chi connectivity index (χ2n) is 4.04. The molecule has 0 aliphatic carbocycles. The number of carbonyl (C=O) groups excluding carboxylic acids is 2. The average molecular weight is 299 g/mol. The molecule has 4 N–H and O–H groups in total. The van der Waals surface area contributed by atoms with Crippen molar-refractivity contribution in [2.45, 2.75) is 25.8 Å². The van der Waals surface area contributed by atoms with Crippen molar-refractivity contribution < 1.29 is 19.5 Å². The first-order valence-electron chi connectivity index (χ1n) is 6.13. The van der Waals surface area contributed by atoms with Gasteiger partial charge in [-0.1, -0.05) is 19.4 Å². The van der Waals surface area contributed by atoms with Crippen LogP contribution in [0.4, 0.5) is 0 Å². The quantitative estimate of drug-likeness (QED) is 0.544. The maximum absolute atomic E-state index is 11.5. The fraction of sp³-hybridized carbons (Fsp3) is 0.417. The third kappa shape index (κ3) is 5.37. The Hall–Kier alpha value is -1.93. The lowest BCUT2D eigenvalue weighted by molar-refractivity contribution is -0.139. The molecule has 0 spiro atoms. The molecule has 1 aromatic rings. The van der Waals surface area contributed by atoms with Gasteiger partial charge in [0.1, 0.15) is 6.04 Å². The zero-order valence-corrected chi connectivity index (χ0v) is 11.8. The fourth-order valence-corrected chi connectivity index (χ4v) is 2.08. The molecule has 0 aromatic carbocycles. The molecule has 8 heteroatoms. The van der Waals surface area contributed by atoms with Crippen molar-refractivity contribution in [2.75, 3.05) is 6.54 Å². The van der Waals surface area contributed by atoms with Crippen molar-refractivity contribution in [2.24, 2.45) is 0 Å². The molecule has 0 saturated heterocycles. The van der Waals surface area contributed by atoms with Crippen LogP contribution in [0, 0.1) is 0 Å². The molecule has 0 aliphatic heterocycles. The first kappa shape index (κ1) is 16.1. The second-order valence-corrected chi connectivity index (χ2v) is 4.99. The summed E-state index contributed by atoms with van der Waals surface area (Å²) in [7, 11) is 0. The Kier molecular flexibility index (Phi) is 6.68. The standard InChI is InChI=1S/C12H17N3O4S/c1-2-4-8(12(18)19)13-7-10(16)14-15-11(17)9-5-3-6-20-9/h3,5-6,8,13H,2,4,7H2,1H3,(H,14,16)(H,15,17)(H,18,19). The number of carboxylic acids is 1. The van der Waals surface area contributed by atoms with Crippen LogP contribution >= 0.6 is 11.3 Å². The van der Waals surface area contributed by atoms with Crippen molar-refractivity contribution in [3.05, 3.63) is 22.4 Å². The van der Waals surface area contributed by atoms with E-state index in [0.29, 0.717) is 17.7 Å². The van der Waals surface area contributed by atoms with E-state index in [4.69, 9.17) is 5.11 Å². The summed E-state index contributed by atoms with van der Waals surface area (Å²) in [6.45, 7) is 1.68. The van der Waals surface area contributed by atoms with Gasteiger partial charge in [0.15, 0.2) is 0 Å². The van der Waals surface area contributed by atoms with Gasteiger partial charge in [-0.25, -0.2) is 0 Å². The van der Waals surface area contributed by atoms with E-state index in [-0.39, 0.29) is 6.54 Å². The number of carbonyl (C=O) groups is 3. The van der Waals surface area contributed by atoms with Gasteiger partial charge < -0.3 is 5.11 Å². The minimum absolute atomic E-state index is 0.179. The molecule has 1 unspecified atom stereocenters. The summed E-state index contributed by atoms with van der Waals surface area (Å²) < 4.78 is 0. The Bertz CT molecular complexity index is 461. The van der Waals surface area contributed by atoms with Crippen LogP contribution in [0.5, 0.6) is 0 Å². The largest absolute Gasteiger partial charge is 0.480 e. The minimum atomic E-state index is -0.998. The first-order valence-corrected chi connectivity index (χ1v) is 7.01. The topological polar surface area (TPSA) is 108 Å². The van der Waals surface area contributed by atoms with Crippen LogP contribution < -0.4 is 16.2 Å². The van der Waals surface area contributed by atoms with Gasteiger partial charge in [0.25, 0.3) is 11.8 Å². The van der Waals surface area contributed by atoms with Crippen molar-refractivity contribution in [1.29, 1.82) is 0 Å². The molecule has 1 heterocycles. The Morgan fingerprint density at radius 3 is 2.65 bits per heavy atom. The summed E-state index contributed by atoms with van der Waals surface area (Å²) in [5.74, 6) is -1.91. The highest BCUT2D eigenvalue weighted by Gasteiger charge is 2.16. The first-order chi connectivity index (χ1) is 9.54. The summed E-state index contributed by atoms with van der Waals surface area (Å²) in [5, 5.41) is 13.3. The van der Waals surface area contributed by atoms with E-state index in [2.05, 4.69) is 16.2 Å². The molecule has 20 heavy (non-hydrogen) atoms. The molecular weight excluding hydrogens is 282 g/mol. The van der Waals surface area contributed by atoms with E-state index in [1.54, 1.807) is 17.5 Å². The van der Waals surface area contributed by atoms with Crippen LogP contribution in [0.2, 0.25) is 0 Å². The van der Waals surface area contributed by atoms with Crippen LogP contribution in [0.1, 0.15) is 29.4 Å². The van der Waals surface area contributed by atoms with E-state index < -0.39 is 23.8 Å². The molecule has 0 radical (unpaired) electrons. The van der Waals surface area contributed by atoms with Gasteiger partial charge in [-0.05, 0) is 17.9 Å². The highest BCUT2D eigenvalue weighted by atomic mass is 32.1. The Balaban J connectivity index is 2.29. The summed E-state index contributed by atoms with van der Waals surface area (Å²) >= 11 is 1.25. The summed E-state index contributed by atoms with van der Waals surface area (Å²) in [6, 6.07) is 2.59. The highest BCUT2D eigenvalue weighted by molar-refractivity contribution is 7.12. The molecule has 1 atom stereocenters. The maximum atomic E-state index is 11.5. The van der Waals surface area contributed by atoms with Gasteiger partial charge in [-0.3, -0.25) is 30.6 Å². The van der Waals surface area contributed by atoms with E-state index in [9.17, 15) is 14.4 Å². The fourth-order valence-electron chi connectivity index (χ4n) is 1.46. The number of hydrogen-bond donors (Lipinski definition) is 4. The van der Waals surface area contributed by atoms with Gasteiger partial charge in [0.05, 0.1) is 11.4 Å². The van der Waals surface area contributed by atoms with Crippen LogP contribution in [-0.4, -0.2) is 35.5 Å². The summed E-state index contributed by atoms with van der Waals surface area (Å²) in [5.41, 5.74) is 4.47. The number of hydrogen-bond acceptors (Lipinski definition) is 5. The normalized spacial score (nSPS) is 11.7. The number of nitrogens with one attached hydrogen (secondary N) is 3. The average Bonchev–Trinajstić information content (AvgIpc) is 2.94. The number of hydrazine groups is 1. The molecule has 0 aliphatic rings. The van der Waals surface area contributed by atoms with Crippen LogP contribution in [-0.2, 0) is 9.59 Å². The zero-order chi connectivity index (χ0) is 15.0. The van der Waals surface area contributed by atoms with Crippen LogP contribution in [0.3, 0.4) is 0 Å². The molecule has 0 fully saturated rings. The lowest BCUT2D eigenvalue weighted by atomic mass is 10.2. The number of aliphatic carboxylic acids is 1. The molecule has 0 bridgehead atoms. The number of thiophene rings is 1. The van der Waals surface area contributed by atoms with Gasteiger partial charge in [-0.2, -0.15) is 0 Å². The number of carboxylic acid groups (broad SMARTS) is 1. The molecule has 1 rings (SSSR count). The second kappa shape index (κ2) is 8.28. The maximum Gasteiger partial charge on any atom is 0.320 e. The van der Waals surface area contributed by atoms with Gasteiger partial charge in [0.2, 0.25) is 0 Å². The Morgan fingerprint density at radius 2 is 2.10 bits per heavy atom. The third-order valence-electron chi connectivity index (χ3n) is 2.44. The summed E-state index contributed by atoms with van der Waals surface area (Å²) in [6.07, 6.45) is 1.13. The van der Waals surface area contributed by atoms with Crippen molar-refractivity contribution in [3.63, 3.8) is 0 Å². The lowest BCUT2D eigenvalue weighted by Crippen LogP contribution is -2.48. The monoisotopic (exact) mass is 299 g/mol. The van der Waals surface area contributed by atoms with Crippen molar-refractivity contribution in [3.8, 4) is 0 Å². The molecule has 2 amide bonds. The SMILES string of the molecule is CCCC(NCC(=O)NNC(=O)c1cccs1)C(=O)O. The highest BCUT2D eigenvalue weighted by Crippen LogP contribution is 2.06. The van der Waals surface area contributed by atoms with Crippen molar-refractivity contribution >= 4 is 29.1 Å². The molecule has 0 saturated carbocycles. The Morgan fingerprint density at radius 1 is 1.35 bits per heavy atom. The third-order valence-corrected chi connectivity index (χ3v) is 3.31. The molecular formula is C12H17N3O4S. The summed E-state index contributed by atoms with van der Waals surface area (Å²) in [4.78, 5) is 34.3. The predicted octanol–water partition coefficient (Wildman–Crippen LogP) is 0.352. The molecule has 1 aromatic heterocycles. The van der Waals surface area contributed by atoms with E-state index in [0.717, 1.165) is 0 Å². The van der Waals surface area contributed by atoms with E-state index in [1.165, 1.54) is 11.3 Å². The van der Waals surface area contributed by atoms with Crippen LogP contribution in [0.15, 0.2) is 17.5 Å².